The molecule has 1 aromatic heterocycles. The number of ketones is 1. The van der Waals surface area contributed by atoms with E-state index in [1.165, 1.54) is 39.2 Å². The second kappa shape index (κ2) is 14.1. The predicted octanol–water partition coefficient (Wildman–Crippen LogP) is 5.94. The summed E-state index contributed by atoms with van der Waals surface area (Å²) in [5.74, 6) is -0.412. The van der Waals surface area contributed by atoms with Crippen molar-refractivity contribution in [1.29, 1.82) is 0 Å². The molecule has 1 aliphatic rings. The first-order valence-corrected chi connectivity index (χ1v) is 16.6. The number of hydrogen-bond acceptors (Lipinski definition) is 9. The topological polar surface area (TPSA) is 148 Å². The van der Waals surface area contributed by atoms with Crippen LogP contribution >= 0.6 is 11.6 Å². The molecule has 0 aliphatic carbocycles. The Balaban J connectivity index is 2.06. The third-order valence-corrected chi connectivity index (χ3v) is 9.36. The molecule has 1 amide bonds. The van der Waals surface area contributed by atoms with Crippen LogP contribution in [0.25, 0.3) is 0 Å². The number of benzene rings is 1. The average Bonchev–Trinajstić information content (AvgIpc) is 3.25. The smallest absolute Gasteiger partial charge is 0.422 e. The van der Waals surface area contributed by atoms with Gasteiger partial charge in [-0.05, 0) is 86.1 Å². The molecule has 0 saturated carbocycles. The molecule has 0 saturated heterocycles. The molecule has 48 heavy (non-hydrogen) atoms. The first-order chi connectivity index (χ1) is 21.8. The van der Waals surface area contributed by atoms with E-state index in [0.717, 1.165) is 11.0 Å². The van der Waals surface area contributed by atoms with Crippen LogP contribution in [-0.4, -0.2) is 74.2 Å². The number of pyridine rings is 1. The van der Waals surface area contributed by atoms with Crippen molar-refractivity contribution >= 4 is 40.2 Å². The normalized spacial score (nSPS) is 19.3. The maximum absolute atomic E-state index is 14.7. The maximum atomic E-state index is 14.7. The van der Waals surface area contributed by atoms with Gasteiger partial charge in [0, 0.05) is 17.5 Å². The number of halogens is 4. The standard InChI is InChI=1S/C32H43ClF3N3O8S/c1-18(40)16-46-22-11-10-19(14-23(22)45-9)21(41)12-13-31(43,32(34,35)36)24-15-20-25(26(33)37-24)39(27(42)47-28(2,3)4)17-30(20,8)38-48(44)29(5,6)7/h10-11,14-15,18,38,40,43H,12-13,16-17H2,1-9H3/t18-,30-,31-,48?/m1/s1. The number of hydrogen-bond donors (Lipinski definition) is 3. The number of Topliss-reactive ketones (excluding diaryl/α,β-unsaturated/α-hetero) is 1. The minimum Gasteiger partial charge on any atom is -0.493 e. The number of carbonyl (C=O) groups excluding carboxylic acids is 2. The Kier molecular flexibility index (Phi) is 11.6. The quantitative estimate of drug-likeness (QED) is 0.190. The van der Waals surface area contributed by atoms with Crippen LogP contribution in [-0.2, 0) is 26.9 Å². The summed E-state index contributed by atoms with van der Waals surface area (Å²) in [5, 5.41) is 20.2. The highest BCUT2D eigenvalue weighted by molar-refractivity contribution is 7.84. The van der Waals surface area contributed by atoms with Crippen molar-refractivity contribution < 1.29 is 51.4 Å². The van der Waals surface area contributed by atoms with E-state index in [1.807, 2.05) is 0 Å². The van der Waals surface area contributed by atoms with E-state index in [4.69, 9.17) is 25.8 Å². The number of aliphatic hydroxyl groups is 2. The molecule has 0 bridgehead atoms. The van der Waals surface area contributed by atoms with Gasteiger partial charge in [0.1, 0.15) is 12.2 Å². The van der Waals surface area contributed by atoms with Crippen LogP contribution in [0.2, 0.25) is 5.15 Å². The lowest BCUT2D eigenvalue weighted by Crippen LogP contribution is -2.50. The van der Waals surface area contributed by atoms with E-state index in [-0.39, 0.29) is 41.5 Å². The number of aliphatic hydroxyl groups excluding tert-OH is 1. The number of fused-ring (bicyclic) bond motifs is 1. The largest absolute Gasteiger partial charge is 0.493 e. The molecule has 268 valence electrons. The summed E-state index contributed by atoms with van der Waals surface area (Å²) >= 11 is 6.50. The second-order valence-corrected chi connectivity index (χ2v) is 16.2. The third kappa shape index (κ3) is 8.78. The highest BCUT2D eigenvalue weighted by Crippen LogP contribution is 2.49. The monoisotopic (exact) mass is 721 g/mol. The van der Waals surface area contributed by atoms with Crippen LogP contribution in [0, 0.1) is 0 Å². The van der Waals surface area contributed by atoms with Gasteiger partial charge in [-0.1, -0.05) is 11.6 Å². The lowest BCUT2D eigenvalue weighted by Gasteiger charge is -2.32. The maximum Gasteiger partial charge on any atom is 0.422 e. The lowest BCUT2D eigenvalue weighted by atomic mass is 9.87. The second-order valence-electron chi connectivity index (χ2n) is 13.9. The van der Waals surface area contributed by atoms with Crippen molar-refractivity contribution in [2.75, 3.05) is 25.2 Å². The van der Waals surface area contributed by atoms with Gasteiger partial charge in [-0.25, -0.2) is 18.7 Å². The first kappa shape index (κ1) is 39.5. The van der Waals surface area contributed by atoms with Gasteiger partial charge in [0.05, 0.1) is 52.4 Å². The molecule has 16 heteroatoms. The van der Waals surface area contributed by atoms with E-state index in [0.29, 0.717) is 0 Å². The van der Waals surface area contributed by atoms with E-state index < -0.39 is 80.3 Å². The molecular formula is C32H43ClF3N3O8S. The van der Waals surface area contributed by atoms with Crippen LogP contribution in [0.3, 0.4) is 0 Å². The summed E-state index contributed by atoms with van der Waals surface area (Å²) in [6.07, 6.45) is -8.87. The van der Waals surface area contributed by atoms with E-state index in [1.54, 1.807) is 41.5 Å². The molecule has 3 rings (SSSR count). The summed E-state index contributed by atoms with van der Waals surface area (Å²) in [7, 11) is -0.451. The molecular weight excluding hydrogens is 679 g/mol. The third-order valence-electron chi connectivity index (χ3n) is 7.35. The zero-order valence-corrected chi connectivity index (χ0v) is 29.9. The molecule has 1 unspecified atom stereocenters. The number of nitrogens with zero attached hydrogens (tertiary/aromatic N) is 2. The Morgan fingerprint density at radius 1 is 1.15 bits per heavy atom. The predicted molar refractivity (Wildman–Crippen MR) is 175 cm³/mol. The van der Waals surface area contributed by atoms with Gasteiger partial charge in [0.15, 0.2) is 22.4 Å². The Hall–Kier alpha value is -2.98. The van der Waals surface area contributed by atoms with E-state index in [2.05, 4.69) is 9.71 Å². The van der Waals surface area contributed by atoms with Gasteiger partial charge in [0.25, 0.3) is 0 Å². The molecule has 0 spiro atoms. The zero-order valence-electron chi connectivity index (χ0n) is 28.4. The van der Waals surface area contributed by atoms with Crippen LogP contribution in [0.4, 0.5) is 23.7 Å². The summed E-state index contributed by atoms with van der Waals surface area (Å²) < 4.78 is 75.8. The number of amides is 1. The van der Waals surface area contributed by atoms with Crippen molar-refractivity contribution in [3.63, 3.8) is 0 Å². The Morgan fingerprint density at radius 3 is 2.29 bits per heavy atom. The molecule has 4 atom stereocenters. The highest BCUT2D eigenvalue weighted by atomic mass is 35.5. The van der Waals surface area contributed by atoms with Gasteiger partial charge in [-0.2, -0.15) is 13.2 Å². The van der Waals surface area contributed by atoms with Crippen molar-refractivity contribution in [2.45, 2.75) is 102 Å². The van der Waals surface area contributed by atoms with E-state index >= 15 is 0 Å². The molecule has 2 aromatic rings. The Bertz CT molecular complexity index is 1560. The number of ether oxygens (including phenoxy) is 3. The van der Waals surface area contributed by atoms with Crippen LogP contribution in [0.1, 0.15) is 89.8 Å². The Labute approximate surface area is 285 Å². The van der Waals surface area contributed by atoms with Gasteiger partial charge in [-0.15, -0.1) is 0 Å². The summed E-state index contributed by atoms with van der Waals surface area (Å²) in [6, 6.07) is 4.97. The molecule has 0 fully saturated rings. The molecule has 0 radical (unpaired) electrons. The average molecular weight is 722 g/mol. The fourth-order valence-electron chi connectivity index (χ4n) is 4.82. The van der Waals surface area contributed by atoms with Gasteiger partial charge < -0.3 is 24.4 Å². The van der Waals surface area contributed by atoms with Crippen molar-refractivity contribution in [3.8, 4) is 11.5 Å². The fraction of sp³-hybridized carbons (Fsp3) is 0.594. The number of methoxy groups -OCH3 is 1. The first-order valence-electron chi connectivity index (χ1n) is 15.1. The lowest BCUT2D eigenvalue weighted by molar-refractivity contribution is -0.270. The van der Waals surface area contributed by atoms with Crippen molar-refractivity contribution in [2.24, 2.45) is 0 Å². The molecule has 1 aromatic carbocycles. The number of anilines is 1. The number of nitrogens with one attached hydrogen (secondary N) is 1. The minimum absolute atomic E-state index is 0.00449. The summed E-state index contributed by atoms with van der Waals surface area (Å²) in [5.41, 5.74) is -6.98. The summed E-state index contributed by atoms with van der Waals surface area (Å²) in [4.78, 5) is 31.4. The van der Waals surface area contributed by atoms with E-state index in [9.17, 15) is 37.2 Å². The zero-order chi connectivity index (χ0) is 36.6. The molecule has 1 aliphatic heterocycles. The molecule has 11 nitrogen and oxygen atoms in total. The van der Waals surface area contributed by atoms with Crippen LogP contribution in [0.15, 0.2) is 24.3 Å². The number of aromatic nitrogens is 1. The number of rotatable bonds is 11. The number of carbonyl (C=O) groups is 2. The highest BCUT2D eigenvalue weighted by Gasteiger charge is 2.57. The SMILES string of the molecule is COc1cc(C(=O)CC[C@@](O)(c2cc3c(c(Cl)n2)N(C(=O)OC(C)(C)C)C[C@@]3(C)NS(=O)C(C)(C)C)C(F)(F)F)ccc1OC[C@@H](C)O. The van der Waals surface area contributed by atoms with Crippen molar-refractivity contribution in [3.05, 3.63) is 46.2 Å². The van der Waals surface area contributed by atoms with Crippen LogP contribution < -0.4 is 19.1 Å². The molecule has 2 heterocycles. The fourth-order valence-corrected chi connectivity index (χ4v) is 6.00. The van der Waals surface area contributed by atoms with Crippen LogP contribution in [0.5, 0.6) is 11.5 Å². The van der Waals surface area contributed by atoms with Crippen molar-refractivity contribution in [1.82, 2.24) is 9.71 Å². The summed E-state index contributed by atoms with van der Waals surface area (Å²) in [6.45, 7) is 12.7. The molecule has 3 N–H and O–H groups in total. The number of alkyl halides is 3. The van der Waals surface area contributed by atoms with Gasteiger partial charge >= 0.3 is 12.3 Å². The minimum atomic E-state index is -5.32. The van der Waals surface area contributed by atoms with Gasteiger partial charge in [-0.3, -0.25) is 9.69 Å². The van der Waals surface area contributed by atoms with Gasteiger partial charge in [0.2, 0.25) is 5.60 Å². The Morgan fingerprint density at radius 2 is 1.77 bits per heavy atom.